The van der Waals surface area contributed by atoms with Crippen molar-refractivity contribution in [1.29, 1.82) is 0 Å². The zero-order valence-electron chi connectivity index (χ0n) is 25.1. The van der Waals surface area contributed by atoms with Crippen LogP contribution in [0.3, 0.4) is 0 Å². The van der Waals surface area contributed by atoms with Crippen LogP contribution >= 0.6 is 0 Å². The molecule has 0 amide bonds. The average molecular weight is 588 g/mol. The molecule has 0 aliphatic carbocycles. The molecule has 0 aliphatic heterocycles. The molecule has 0 fully saturated rings. The second-order valence-electron chi connectivity index (χ2n) is 11.7. The number of fused-ring (bicyclic) bond motifs is 4. The van der Waals surface area contributed by atoms with E-state index in [1.54, 1.807) is 0 Å². The molecule has 2 heteroatoms. The molecule has 0 saturated heterocycles. The van der Waals surface area contributed by atoms with Crippen molar-refractivity contribution >= 4 is 32.6 Å². The standard InChI is InChI=1S/C44H29NO/c1-4-14-30(15-5-1)32-24-26-41-39(28-32)40-29-33(25-27-42(40)45(41)34-18-8-3-9-19-34)43-37-22-12-13-23-38(37)44(46-43)36-21-11-10-20-35(36)31-16-6-2-7-17-31/h1-29H. The predicted octanol–water partition coefficient (Wildman–Crippen LogP) is 12.2. The Bertz CT molecular complexity index is 2500. The van der Waals surface area contributed by atoms with Gasteiger partial charge in [0.15, 0.2) is 0 Å². The molecule has 2 heterocycles. The van der Waals surface area contributed by atoms with Gasteiger partial charge in [-0.3, -0.25) is 0 Å². The lowest BCUT2D eigenvalue weighted by Crippen LogP contribution is -1.93. The van der Waals surface area contributed by atoms with Gasteiger partial charge in [-0.2, -0.15) is 0 Å². The van der Waals surface area contributed by atoms with Crippen LogP contribution in [0.25, 0.3) is 83.2 Å². The molecule has 0 unspecified atom stereocenters. The Balaban J connectivity index is 1.29. The summed E-state index contributed by atoms with van der Waals surface area (Å²) >= 11 is 0. The molecule has 9 rings (SSSR count). The summed E-state index contributed by atoms with van der Waals surface area (Å²) in [5, 5.41) is 4.63. The first kappa shape index (κ1) is 26.3. The van der Waals surface area contributed by atoms with Gasteiger partial charge in [0.2, 0.25) is 0 Å². The highest BCUT2D eigenvalue weighted by atomic mass is 16.3. The Morgan fingerprint density at radius 3 is 1.50 bits per heavy atom. The molecule has 9 aromatic rings. The summed E-state index contributed by atoms with van der Waals surface area (Å²) in [5.41, 5.74) is 10.4. The quantitative estimate of drug-likeness (QED) is 0.196. The molecule has 216 valence electrons. The van der Waals surface area contributed by atoms with E-state index in [-0.39, 0.29) is 0 Å². The highest BCUT2D eigenvalue weighted by Crippen LogP contribution is 2.44. The van der Waals surface area contributed by atoms with E-state index >= 15 is 0 Å². The summed E-state index contributed by atoms with van der Waals surface area (Å²) in [4.78, 5) is 0. The van der Waals surface area contributed by atoms with Crippen LogP contribution in [0.4, 0.5) is 0 Å². The van der Waals surface area contributed by atoms with Gasteiger partial charge >= 0.3 is 0 Å². The van der Waals surface area contributed by atoms with Crippen molar-refractivity contribution in [3.63, 3.8) is 0 Å². The maximum absolute atomic E-state index is 6.94. The van der Waals surface area contributed by atoms with Crippen molar-refractivity contribution in [3.05, 3.63) is 176 Å². The van der Waals surface area contributed by atoms with Crippen LogP contribution in [0.1, 0.15) is 0 Å². The number of nitrogens with zero attached hydrogens (tertiary/aromatic N) is 1. The number of hydrogen-bond acceptors (Lipinski definition) is 1. The van der Waals surface area contributed by atoms with Crippen molar-refractivity contribution < 1.29 is 4.42 Å². The maximum atomic E-state index is 6.94. The van der Waals surface area contributed by atoms with Gasteiger partial charge in [-0.15, -0.1) is 0 Å². The highest BCUT2D eigenvalue weighted by molar-refractivity contribution is 6.13. The minimum absolute atomic E-state index is 0.884. The lowest BCUT2D eigenvalue weighted by atomic mass is 9.96. The summed E-state index contributed by atoms with van der Waals surface area (Å²) < 4.78 is 9.30. The molecule has 46 heavy (non-hydrogen) atoms. The molecule has 0 spiro atoms. The van der Waals surface area contributed by atoms with Crippen LogP contribution in [0.2, 0.25) is 0 Å². The van der Waals surface area contributed by atoms with Crippen molar-refractivity contribution in [1.82, 2.24) is 4.57 Å². The van der Waals surface area contributed by atoms with Gasteiger partial charge < -0.3 is 8.98 Å². The molecule has 0 atom stereocenters. The topological polar surface area (TPSA) is 18.1 Å². The third-order valence-corrected chi connectivity index (χ3v) is 9.03. The molecule has 0 radical (unpaired) electrons. The van der Waals surface area contributed by atoms with E-state index in [4.69, 9.17) is 4.42 Å². The smallest absolute Gasteiger partial charge is 0.143 e. The SMILES string of the molecule is c1ccc(-c2ccc3c(c2)c2cc(-c4oc(-c5ccccc5-c5ccccc5)c5ccccc45)ccc2n3-c2ccccc2)cc1. The fourth-order valence-electron chi connectivity index (χ4n) is 6.89. The second-order valence-corrected chi connectivity index (χ2v) is 11.7. The highest BCUT2D eigenvalue weighted by Gasteiger charge is 2.20. The van der Waals surface area contributed by atoms with Gasteiger partial charge in [0.25, 0.3) is 0 Å². The number of rotatable bonds is 5. The summed E-state index contributed by atoms with van der Waals surface area (Å²) in [7, 11) is 0. The van der Waals surface area contributed by atoms with E-state index < -0.39 is 0 Å². The molecule has 0 bridgehead atoms. The Hall–Kier alpha value is -6.12. The van der Waals surface area contributed by atoms with Crippen LogP contribution in [-0.2, 0) is 0 Å². The second kappa shape index (κ2) is 10.8. The van der Waals surface area contributed by atoms with Crippen LogP contribution in [0, 0.1) is 0 Å². The fourth-order valence-corrected chi connectivity index (χ4v) is 6.89. The number of furan rings is 1. The third kappa shape index (κ3) is 4.27. The average Bonchev–Trinajstić information content (AvgIpc) is 3.68. The van der Waals surface area contributed by atoms with Gasteiger partial charge in [0.1, 0.15) is 11.5 Å². The first-order valence-corrected chi connectivity index (χ1v) is 15.7. The molecule has 7 aromatic carbocycles. The summed E-state index contributed by atoms with van der Waals surface area (Å²) in [6.45, 7) is 0. The van der Waals surface area contributed by atoms with E-state index in [1.807, 2.05) is 0 Å². The van der Waals surface area contributed by atoms with Gasteiger partial charge in [-0.1, -0.05) is 133 Å². The maximum Gasteiger partial charge on any atom is 0.143 e. The van der Waals surface area contributed by atoms with Crippen molar-refractivity contribution in [2.75, 3.05) is 0 Å². The zero-order valence-corrected chi connectivity index (χ0v) is 25.1. The lowest BCUT2D eigenvalue weighted by Gasteiger charge is -2.08. The van der Waals surface area contributed by atoms with Gasteiger partial charge in [0, 0.05) is 38.4 Å². The summed E-state index contributed by atoms with van der Waals surface area (Å²) in [6, 6.07) is 62.4. The molecular formula is C44H29NO. The molecule has 0 saturated carbocycles. The van der Waals surface area contributed by atoms with Crippen molar-refractivity contribution in [2.24, 2.45) is 0 Å². The minimum Gasteiger partial charge on any atom is -0.455 e. The van der Waals surface area contributed by atoms with Crippen LogP contribution in [0.5, 0.6) is 0 Å². The van der Waals surface area contributed by atoms with E-state index in [9.17, 15) is 0 Å². The van der Waals surface area contributed by atoms with Crippen molar-refractivity contribution in [3.8, 4) is 50.6 Å². The Morgan fingerprint density at radius 1 is 0.326 bits per heavy atom. The Morgan fingerprint density at radius 2 is 0.826 bits per heavy atom. The summed E-state index contributed by atoms with van der Waals surface area (Å²) in [6.07, 6.45) is 0. The third-order valence-electron chi connectivity index (χ3n) is 9.03. The minimum atomic E-state index is 0.884. The largest absolute Gasteiger partial charge is 0.455 e. The molecule has 0 aliphatic rings. The van der Waals surface area contributed by atoms with Gasteiger partial charge in [-0.25, -0.2) is 0 Å². The normalized spacial score (nSPS) is 11.5. The first-order valence-electron chi connectivity index (χ1n) is 15.7. The van der Waals surface area contributed by atoms with Crippen molar-refractivity contribution in [2.45, 2.75) is 0 Å². The van der Waals surface area contributed by atoms with E-state index in [1.165, 1.54) is 38.5 Å². The molecule has 2 aromatic heterocycles. The monoisotopic (exact) mass is 587 g/mol. The number of hydrogen-bond donors (Lipinski definition) is 0. The van der Waals surface area contributed by atoms with E-state index in [0.717, 1.165) is 44.7 Å². The van der Waals surface area contributed by atoms with E-state index in [0.29, 0.717) is 0 Å². The lowest BCUT2D eigenvalue weighted by molar-refractivity contribution is 0.602. The molecule has 2 nitrogen and oxygen atoms in total. The number of aromatic nitrogens is 1. The number of benzene rings is 7. The van der Waals surface area contributed by atoms with E-state index in [2.05, 4.69) is 180 Å². The molecular weight excluding hydrogens is 558 g/mol. The van der Waals surface area contributed by atoms with Gasteiger partial charge in [0.05, 0.1) is 11.0 Å². The van der Waals surface area contributed by atoms with Crippen LogP contribution in [0.15, 0.2) is 180 Å². The number of para-hydroxylation sites is 1. The predicted molar refractivity (Wildman–Crippen MR) is 192 cm³/mol. The molecule has 0 N–H and O–H groups in total. The summed E-state index contributed by atoms with van der Waals surface area (Å²) in [5.74, 6) is 1.78. The Labute approximate surface area is 267 Å². The van der Waals surface area contributed by atoms with Crippen LogP contribution in [-0.4, -0.2) is 4.57 Å². The zero-order chi connectivity index (χ0) is 30.5. The fraction of sp³-hybridized carbons (Fsp3) is 0. The van der Waals surface area contributed by atoms with Crippen LogP contribution < -0.4 is 0 Å². The first-order chi connectivity index (χ1) is 22.8. The van der Waals surface area contributed by atoms with Gasteiger partial charge in [-0.05, 0) is 64.7 Å². The Kier molecular flexibility index (Phi) is 6.17.